The zero-order valence-corrected chi connectivity index (χ0v) is 6.77. The maximum Gasteiger partial charge on any atom is 0.0771 e. The molecule has 0 rings (SSSR count). The lowest BCUT2D eigenvalue weighted by Gasteiger charge is -2.08. The molecule has 0 radical (unpaired) electrons. The van der Waals surface area contributed by atoms with Gasteiger partial charge in [-0.3, -0.25) is 0 Å². The Morgan fingerprint density at radius 2 is 2.12 bits per heavy atom. The van der Waals surface area contributed by atoms with Gasteiger partial charge in [0.25, 0.3) is 0 Å². The third-order valence-corrected chi connectivity index (χ3v) is 0.989. The molecule has 2 heteroatoms. The Morgan fingerprint density at radius 3 is 2.25 bits per heavy atom. The van der Waals surface area contributed by atoms with Gasteiger partial charge in [0, 0.05) is 5.33 Å². The van der Waals surface area contributed by atoms with Crippen molar-refractivity contribution in [3.05, 3.63) is 12.2 Å². The molecule has 0 aliphatic heterocycles. The number of halogens is 1. The zero-order valence-electron chi connectivity index (χ0n) is 5.19. The minimum absolute atomic E-state index is 0.659. The van der Waals surface area contributed by atoms with Crippen LogP contribution in [0.15, 0.2) is 12.2 Å². The predicted octanol–water partition coefficient (Wildman–Crippen LogP) is 1.71. The lowest BCUT2D eigenvalue weighted by atomic mass is 10.1. The highest BCUT2D eigenvalue weighted by molar-refractivity contribution is 9.09. The van der Waals surface area contributed by atoms with Crippen molar-refractivity contribution in [1.82, 2.24) is 0 Å². The van der Waals surface area contributed by atoms with E-state index in [0.29, 0.717) is 0 Å². The SMILES string of the molecule is CC(C)(O)/C=C/CBr. The summed E-state index contributed by atoms with van der Waals surface area (Å²) in [6.07, 6.45) is 3.63. The second-order valence-corrected chi connectivity index (χ2v) is 2.86. The largest absolute Gasteiger partial charge is 0.386 e. The third kappa shape index (κ3) is 6.18. The monoisotopic (exact) mass is 178 g/mol. The Bertz CT molecular complexity index is 81.0. The maximum atomic E-state index is 9.04. The lowest BCUT2D eigenvalue weighted by Crippen LogP contribution is -2.13. The molecule has 0 aromatic rings. The summed E-state index contributed by atoms with van der Waals surface area (Å²) in [4.78, 5) is 0. The summed E-state index contributed by atoms with van der Waals surface area (Å²) < 4.78 is 0. The van der Waals surface area contributed by atoms with Crippen LogP contribution in [0, 0.1) is 0 Å². The molecule has 0 atom stereocenters. The molecule has 0 bridgehead atoms. The first-order chi connectivity index (χ1) is 3.56. The Kier molecular flexibility index (Phi) is 3.33. The van der Waals surface area contributed by atoms with Crippen molar-refractivity contribution in [2.45, 2.75) is 19.4 Å². The Hall–Kier alpha value is 0.180. The van der Waals surface area contributed by atoms with Crippen LogP contribution in [0.2, 0.25) is 0 Å². The highest BCUT2D eigenvalue weighted by Crippen LogP contribution is 2.01. The van der Waals surface area contributed by atoms with E-state index < -0.39 is 5.60 Å². The molecule has 0 saturated heterocycles. The van der Waals surface area contributed by atoms with E-state index in [1.54, 1.807) is 19.9 Å². The van der Waals surface area contributed by atoms with E-state index in [1.807, 2.05) is 6.08 Å². The first-order valence-electron chi connectivity index (χ1n) is 2.52. The van der Waals surface area contributed by atoms with Crippen molar-refractivity contribution < 1.29 is 5.11 Å². The summed E-state index contributed by atoms with van der Waals surface area (Å²) in [6, 6.07) is 0. The molecule has 8 heavy (non-hydrogen) atoms. The van der Waals surface area contributed by atoms with E-state index in [4.69, 9.17) is 5.11 Å². The van der Waals surface area contributed by atoms with Gasteiger partial charge in [0.15, 0.2) is 0 Å². The van der Waals surface area contributed by atoms with Crippen LogP contribution in [-0.2, 0) is 0 Å². The van der Waals surface area contributed by atoms with Crippen molar-refractivity contribution in [2.75, 3.05) is 5.33 Å². The Labute approximate surface area is 58.5 Å². The van der Waals surface area contributed by atoms with Crippen LogP contribution in [0.4, 0.5) is 0 Å². The first kappa shape index (κ1) is 8.18. The van der Waals surface area contributed by atoms with Gasteiger partial charge in [-0.05, 0) is 13.8 Å². The third-order valence-electron chi connectivity index (χ3n) is 0.615. The van der Waals surface area contributed by atoms with Gasteiger partial charge in [0.2, 0.25) is 0 Å². The molecular formula is C6H11BrO. The molecule has 1 nitrogen and oxygen atoms in total. The Balaban J connectivity index is 3.52. The molecule has 1 N–H and O–H groups in total. The molecule has 0 saturated carbocycles. The summed E-state index contributed by atoms with van der Waals surface area (Å²) in [7, 11) is 0. The molecule has 0 aliphatic rings. The average molecular weight is 179 g/mol. The molecule has 0 heterocycles. The molecule has 0 aromatic heterocycles. The minimum atomic E-state index is -0.659. The normalized spacial score (nSPS) is 13.0. The number of aliphatic hydroxyl groups is 1. The molecule has 0 aromatic carbocycles. The van der Waals surface area contributed by atoms with Gasteiger partial charge in [0.05, 0.1) is 5.60 Å². The van der Waals surface area contributed by atoms with Crippen LogP contribution in [0.5, 0.6) is 0 Å². The first-order valence-corrected chi connectivity index (χ1v) is 3.64. The quantitative estimate of drug-likeness (QED) is 0.505. The number of rotatable bonds is 2. The van der Waals surface area contributed by atoms with Crippen LogP contribution in [0.1, 0.15) is 13.8 Å². The minimum Gasteiger partial charge on any atom is -0.386 e. The topological polar surface area (TPSA) is 20.2 Å². The van der Waals surface area contributed by atoms with E-state index in [2.05, 4.69) is 15.9 Å². The summed E-state index contributed by atoms with van der Waals surface area (Å²) >= 11 is 3.20. The van der Waals surface area contributed by atoms with Crippen LogP contribution in [0.25, 0.3) is 0 Å². The fourth-order valence-electron chi connectivity index (χ4n) is 0.333. The number of alkyl halides is 1. The predicted molar refractivity (Wildman–Crippen MR) is 39.2 cm³/mol. The summed E-state index contributed by atoms with van der Waals surface area (Å²) in [6.45, 7) is 3.48. The number of hydrogen-bond donors (Lipinski definition) is 1. The van der Waals surface area contributed by atoms with Gasteiger partial charge < -0.3 is 5.11 Å². The fourth-order valence-corrected chi connectivity index (χ4v) is 0.520. The van der Waals surface area contributed by atoms with Crippen LogP contribution in [0.3, 0.4) is 0 Å². The van der Waals surface area contributed by atoms with E-state index in [0.717, 1.165) is 5.33 Å². The number of hydrogen-bond acceptors (Lipinski definition) is 1. The van der Waals surface area contributed by atoms with Gasteiger partial charge in [0.1, 0.15) is 0 Å². The lowest BCUT2D eigenvalue weighted by molar-refractivity contribution is 0.133. The summed E-state index contributed by atoms with van der Waals surface area (Å²) in [5.74, 6) is 0. The highest BCUT2D eigenvalue weighted by Gasteiger charge is 2.03. The van der Waals surface area contributed by atoms with Gasteiger partial charge in [-0.15, -0.1) is 0 Å². The average Bonchev–Trinajstić information content (AvgIpc) is 1.59. The number of allylic oxidation sites excluding steroid dienone is 1. The van der Waals surface area contributed by atoms with E-state index in [9.17, 15) is 0 Å². The molecule has 0 aliphatic carbocycles. The van der Waals surface area contributed by atoms with Gasteiger partial charge >= 0.3 is 0 Å². The second kappa shape index (κ2) is 3.25. The highest BCUT2D eigenvalue weighted by atomic mass is 79.9. The smallest absolute Gasteiger partial charge is 0.0771 e. The molecule has 0 amide bonds. The van der Waals surface area contributed by atoms with Gasteiger partial charge in [-0.25, -0.2) is 0 Å². The van der Waals surface area contributed by atoms with E-state index >= 15 is 0 Å². The van der Waals surface area contributed by atoms with Crippen molar-refractivity contribution in [2.24, 2.45) is 0 Å². The standard InChI is InChI=1S/C6H11BrO/c1-6(2,8)4-3-5-7/h3-4,8H,5H2,1-2H3/b4-3+. The molecule has 48 valence electrons. The summed E-state index contributed by atoms with van der Waals surface area (Å²) in [5, 5.41) is 9.84. The van der Waals surface area contributed by atoms with Crippen LogP contribution in [-0.4, -0.2) is 16.0 Å². The van der Waals surface area contributed by atoms with E-state index in [1.165, 1.54) is 0 Å². The fraction of sp³-hybridized carbons (Fsp3) is 0.667. The molecule has 0 fully saturated rings. The van der Waals surface area contributed by atoms with Gasteiger partial charge in [-0.2, -0.15) is 0 Å². The zero-order chi connectivity index (χ0) is 6.62. The molecule has 0 spiro atoms. The maximum absolute atomic E-state index is 9.04. The van der Waals surface area contributed by atoms with Crippen LogP contribution >= 0.6 is 15.9 Å². The van der Waals surface area contributed by atoms with Crippen molar-refractivity contribution in [3.63, 3.8) is 0 Å². The summed E-state index contributed by atoms with van der Waals surface area (Å²) in [5.41, 5.74) is -0.659. The van der Waals surface area contributed by atoms with Crippen molar-refractivity contribution in [1.29, 1.82) is 0 Å². The van der Waals surface area contributed by atoms with Crippen LogP contribution < -0.4 is 0 Å². The Morgan fingerprint density at radius 1 is 1.62 bits per heavy atom. The van der Waals surface area contributed by atoms with Gasteiger partial charge in [-0.1, -0.05) is 28.1 Å². The van der Waals surface area contributed by atoms with Crippen molar-refractivity contribution >= 4 is 15.9 Å². The van der Waals surface area contributed by atoms with E-state index in [-0.39, 0.29) is 0 Å². The molecular weight excluding hydrogens is 168 g/mol. The molecule has 0 unspecified atom stereocenters. The second-order valence-electron chi connectivity index (χ2n) is 2.21. The van der Waals surface area contributed by atoms with Crippen molar-refractivity contribution in [3.8, 4) is 0 Å².